The van der Waals surface area contributed by atoms with Crippen molar-refractivity contribution in [1.29, 1.82) is 0 Å². The Morgan fingerprint density at radius 1 is 1.04 bits per heavy atom. The van der Waals surface area contributed by atoms with Gasteiger partial charge in [0.05, 0.1) is 18.2 Å². The smallest absolute Gasteiger partial charge is 0.340 e. The Labute approximate surface area is 145 Å². The summed E-state index contributed by atoms with van der Waals surface area (Å²) < 4.78 is 11.8. The number of benzene rings is 2. The van der Waals surface area contributed by atoms with Crippen LogP contribution in [0.2, 0.25) is 0 Å². The van der Waals surface area contributed by atoms with E-state index in [0.29, 0.717) is 22.2 Å². The van der Waals surface area contributed by atoms with Gasteiger partial charge in [0.15, 0.2) is 6.61 Å². The van der Waals surface area contributed by atoms with Crippen molar-refractivity contribution in [2.75, 3.05) is 13.7 Å². The molecule has 2 aromatic carbocycles. The Kier molecular flexibility index (Phi) is 4.84. The highest BCUT2D eigenvalue weighted by Gasteiger charge is 2.18. The van der Waals surface area contributed by atoms with E-state index in [1.54, 1.807) is 12.1 Å². The Balaban J connectivity index is 1.83. The van der Waals surface area contributed by atoms with Crippen LogP contribution in [0.25, 0.3) is 10.9 Å². The lowest BCUT2D eigenvalue weighted by Crippen LogP contribution is -2.18. The van der Waals surface area contributed by atoms with E-state index in [1.165, 1.54) is 23.4 Å². The average Bonchev–Trinajstić information content (AvgIpc) is 3.05. The van der Waals surface area contributed by atoms with Gasteiger partial charge in [0, 0.05) is 11.6 Å². The molecular weight excluding hydrogens is 318 g/mol. The number of carbonyl (C=O) groups is 2. The van der Waals surface area contributed by atoms with Crippen molar-refractivity contribution in [1.82, 2.24) is 4.57 Å². The maximum Gasteiger partial charge on any atom is 0.340 e. The fraction of sp³-hybridized carbons (Fsp3) is 0.200. The topological polar surface area (TPSA) is 57.5 Å². The molecule has 0 unspecified atom stereocenters. The molecule has 128 valence electrons. The van der Waals surface area contributed by atoms with Gasteiger partial charge in [-0.3, -0.25) is 9.36 Å². The van der Waals surface area contributed by atoms with Gasteiger partial charge in [0.25, 0.3) is 5.91 Å². The fourth-order valence-electron chi connectivity index (χ4n) is 2.69. The molecule has 0 fully saturated rings. The van der Waals surface area contributed by atoms with Crippen LogP contribution in [-0.4, -0.2) is 30.2 Å². The summed E-state index contributed by atoms with van der Waals surface area (Å²) in [7, 11) is 1.32. The molecule has 0 aliphatic rings. The monoisotopic (exact) mass is 337 g/mol. The van der Waals surface area contributed by atoms with E-state index >= 15 is 0 Å². The first kappa shape index (κ1) is 16.8. The maximum absolute atomic E-state index is 12.6. The third-order valence-electron chi connectivity index (χ3n) is 4.08. The largest absolute Gasteiger partial charge is 0.484 e. The van der Waals surface area contributed by atoms with Crippen molar-refractivity contribution < 1.29 is 19.1 Å². The van der Waals surface area contributed by atoms with Gasteiger partial charge < -0.3 is 9.47 Å². The summed E-state index contributed by atoms with van der Waals surface area (Å²) in [4.78, 5) is 24.5. The number of aryl methyl sites for hydroxylation is 1. The molecule has 0 radical (unpaired) electrons. The highest BCUT2D eigenvalue weighted by Crippen LogP contribution is 2.22. The molecule has 0 saturated heterocycles. The molecule has 0 amide bonds. The number of aromatic nitrogens is 1. The molecule has 1 aromatic heterocycles. The van der Waals surface area contributed by atoms with Crippen LogP contribution >= 0.6 is 0 Å². The summed E-state index contributed by atoms with van der Waals surface area (Å²) in [5.74, 6) is -0.0973. The van der Waals surface area contributed by atoms with Crippen LogP contribution in [0.4, 0.5) is 0 Å². The Morgan fingerprint density at radius 3 is 2.44 bits per heavy atom. The fourth-order valence-corrected chi connectivity index (χ4v) is 2.69. The van der Waals surface area contributed by atoms with Crippen molar-refractivity contribution in [2.24, 2.45) is 0 Å². The predicted molar refractivity (Wildman–Crippen MR) is 95.2 cm³/mol. The summed E-state index contributed by atoms with van der Waals surface area (Å²) in [5.41, 5.74) is 2.22. The molecule has 3 rings (SSSR count). The lowest BCUT2D eigenvalue weighted by molar-refractivity contribution is 0.0603. The molecule has 3 aromatic rings. The first-order valence-corrected chi connectivity index (χ1v) is 8.07. The average molecular weight is 337 g/mol. The van der Waals surface area contributed by atoms with Crippen molar-refractivity contribution in [2.45, 2.75) is 13.3 Å². The zero-order valence-corrected chi connectivity index (χ0v) is 14.2. The minimum atomic E-state index is -0.473. The van der Waals surface area contributed by atoms with Crippen LogP contribution in [0.1, 0.15) is 27.6 Å². The molecule has 0 N–H and O–H groups in total. The van der Waals surface area contributed by atoms with Gasteiger partial charge in [0.1, 0.15) is 5.75 Å². The molecule has 5 heteroatoms. The normalized spacial score (nSPS) is 10.6. The molecule has 0 saturated carbocycles. The minimum Gasteiger partial charge on any atom is -0.484 e. The van der Waals surface area contributed by atoms with Crippen molar-refractivity contribution in [3.63, 3.8) is 0 Å². The van der Waals surface area contributed by atoms with Crippen molar-refractivity contribution in [3.05, 3.63) is 65.9 Å². The zero-order valence-electron chi connectivity index (χ0n) is 14.2. The van der Waals surface area contributed by atoms with E-state index in [4.69, 9.17) is 9.47 Å². The van der Waals surface area contributed by atoms with E-state index in [9.17, 15) is 9.59 Å². The third kappa shape index (κ3) is 3.40. The van der Waals surface area contributed by atoms with Crippen molar-refractivity contribution in [3.8, 4) is 5.75 Å². The molecule has 0 spiro atoms. The highest BCUT2D eigenvalue weighted by molar-refractivity contribution is 6.07. The van der Waals surface area contributed by atoms with Gasteiger partial charge >= 0.3 is 5.97 Å². The lowest BCUT2D eigenvalue weighted by Gasteiger charge is -2.07. The molecule has 25 heavy (non-hydrogen) atoms. The number of hydrogen-bond donors (Lipinski definition) is 0. The highest BCUT2D eigenvalue weighted by atomic mass is 16.5. The van der Waals surface area contributed by atoms with Crippen LogP contribution in [-0.2, 0) is 11.2 Å². The summed E-state index contributed by atoms with van der Waals surface area (Å²) >= 11 is 0. The van der Waals surface area contributed by atoms with Gasteiger partial charge in [-0.15, -0.1) is 0 Å². The van der Waals surface area contributed by atoms with E-state index in [0.717, 1.165) is 6.42 Å². The Morgan fingerprint density at radius 2 is 1.76 bits per heavy atom. The second-order valence-electron chi connectivity index (χ2n) is 5.60. The first-order valence-electron chi connectivity index (χ1n) is 8.07. The summed E-state index contributed by atoms with van der Waals surface area (Å²) in [5, 5.41) is 0.676. The van der Waals surface area contributed by atoms with Crippen molar-refractivity contribution >= 4 is 22.8 Å². The summed E-state index contributed by atoms with van der Waals surface area (Å²) in [6.45, 7) is 1.96. The second kappa shape index (κ2) is 7.21. The molecule has 0 aliphatic carbocycles. The first-order chi connectivity index (χ1) is 12.1. The number of esters is 1. The van der Waals surface area contributed by atoms with Crippen LogP contribution in [0.15, 0.2) is 54.7 Å². The number of methoxy groups -OCH3 is 1. The predicted octanol–water partition coefficient (Wildman–Crippen LogP) is 3.71. The third-order valence-corrected chi connectivity index (χ3v) is 4.08. The Bertz CT molecular complexity index is 909. The molecular formula is C20H19NO4. The molecule has 0 bridgehead atoms. The number of hydrogen-bond acceptors (Lipinski definition) is 4. The van der Waals surface area contributed by atoms with Crippen LogP contribution in [0.3, 0.4) is 0 Å². The maximum atomic E-state index is 12.6. The van der Waals surface area contributed by atoms with Crippen LogP contribution < -0.4 is 4.74 Å². The molecule has 5 nitrogen and oxygen atoms in total. The van der Waals surface area contributed by atoms with Gasteiger partial charge in [-0.1, -0.05) is 37.3 Å². The van der Waals surface area contributed by atoms with Gasteiger partial charge in [-0.2, -0.15) is 0 Å². The zero-order chi connectivity index (χ0) is 17.8. The number of fused-ring (bicyclic) bond motifs is 1. The van der Waals surface area contributed by atoms with E-state index in [2.05, 4.69) is 6.92 Å². The number of ether oxygens (including phenoxy) is 2. The summed E-state index contributed by atoms with van der Waals surface area (Å²) in [6, 6.07) is 14.8. The molecule has 0 atom stereocenters. The second-order valence-corrected chi connectivity index (χ2v) is 5.60. The van der Waals surface area contributed by atoms with Gasteiger partial charge in [-0.25, -0.2) is 4.79 Å². The number of rotatable bonds is 5. The minimum absolute atomic E-state index is 0.120. The lowest BCUT2D eigenvalue weighted by atomic mass is 10.2. The van der Waals surface area contributed by atoms with Crippen LogP contribution in [0.5, 0.6) is 5.75 Å². The molecule has 0 aliphatic heterocycles. The standard InChI is InChI=1S/C20H19NO4/c1-3-14-8-10-15(11-9-14)25-13-19(22)21-12-17(20(23)24-2)16-6-4-5-7-18(16)21/h4-12H,3,13H2,1-2H3. The van der Waals surface area contributed by atoms with Gasteiger partial charge in [0.2, 0.25) is 0 Å². The quantitative estimate of drug-likeness (QED) is 0.666. The van der Waals surface area contributed by atoms with E-state index in [-0.39, 0.29) is 12.5 Å². The number of carbonyl (C=O) groups excluding carboxylic acids is 2. The van der Waals surface area contributed by atoms with Gasteiger partial charge in [-0.05, 0) is 30.2 Å². The summed E-state index contributed by atoms with van der Waals surface area (Å²) in [6.07, 6.45) is 2.45. The SMILES string of the molecule is CCc1ccc(OCC(=O)n2cc(C(=O)OC)c3ccccc32)cc1. The Hall–Kier alpha value is -3.08. The number of nitrogens with zero attached hydrogens (tertiary/aromatic N) is 1. The van der Waals surface area contributed by atoms with Crippen LogP contribution in [0, 0.1) is 0 Å². The van der Waals surface area contributed by atoms with E-state index < -0.39 is 5.97 Å². The van der Waals surface area contributed by atoms with E-state index in [1.807, 2.05) is 36.4 Å². The number of para-hydroxylation sites is 1. The molecule has 1 heterocycles.